The minimum atomic E-state index is -0.548. The normalized spacial score (nSPS) is 15.6. The summed E-state index contributed by atoms with van der Waals surface area (Å²) >= 11 is 0. The molecule has 4 rings (SSSR count). The average molecular weight is 288 g/mol. The fourth-order valence-corrected chi connectivity index (χ4v) is 2.68. The van der Waals surface area contributed by atoms with E-state index < -0.39 is 11.6 Å². The lowest BCUT2D eigenvalue weighted by Gasteiger charge is -2.26. The molecule has 2 nitrogen and oxygen atoms in total. The minimum Gasteiger partial charge on any atom is -0.487 e. The van der Waals surface area contributed by atoms with Gasteiger partial charge in [-0.25, -0.2) is 4.39 Å². The maximum Gasteiger partial charge on any atom is 0.208 e. The smallest absolute Gasteiger partial charge is 0.208 e. The predicted molar refractivity (Wildman–Crippen MR) is 76.6 cm³/mol. The Morgan fingerprint density at radius 3 is 2.33 bits per heavy atom. The lowest BCUT2D eigenvalue weighted by Crippen LogP contribution is -2.24. The molecule has 1 heterocycles. The van der Waals surface area contributed by atoms with Gasteiger partial charge in [0.05, 0.1) is 6.10 Å². The molecule has 0 aliphatic heterocycles. The van der Waals surface area contributed by atoms with Crippen LogP contribution in [-0.4, -0.2) is 6.10 Å². The molecular formula is C17H14F2O2. The first-order valence-corrected chi connectivity index (χ1v) is 7.11. The highest BCUT2D eigenvalue weighted by Gasteiger charge is 2.23. The first-order valence-electron chi connectivity index (χ1n) is 7.11. The van der Waals surface area contributed by atoms with Crippen LogP contribution in [0.25, 0.3) is 21.9 Å². The van der Waals surface area contributed by atoms with Gasteiger partial charge in [0.25, 0.3) is 0 Å². The number of aryl methyl sites for hydroxylation is 1. The molecular weight excluding hydrogens is 274 g/mol. The van der Waals surface area contributed by atoms with Crippen molar-refractivity contribution in [1.82, 2.24) is 0 Å². The Bertz CT molecular complexity index is 847. The van der Waals surface area contributed by atoms with Crippen molar-refractivity contribution in [2.24, 2.45) is 0 Å². The predicted octanol–water partition coefficient (Wildman–Crippen LogP) is 5.10. The van der Waals surface area contributed by atoms with E-state index in [1.54, 1.807) is 31.2 Å². The summed E-state index contributed by atoms with van der Waals surface area (Å²) in [6.07, 6.45) is 3.10. The Hall–Kier alpha value is -2.10. The lowest BCUT2D eigenvalue weighted by atomic mass is 9.96. The van der Waals surface area contributed by atoms with E-state index in [0.717, 1.165) is 19.3 Å². The maximum atomic E-state index is 14.5. The van der Waals surface area contributed by atoms with Gasteiger partial charge >= 0.3 is 0 Å². The minimum absolute atomic E-state index is 0.0614. The Morgan fingerprint density at radius 1 is 1.00 bits per heavy atom. The highest BCUT2D eigenvalue weighted by Crippen LogP contribution is 2.37. The molecule has 3 aromatic rings. The van der Waals surface area contributed by atoms with E-state index >= 15 is 0 Å². The van der Waals surface area contributed by atoms with Crippen molar-refractivity contribution >= 4 is 21.9 Å². The maximum absolute atomic E-state index is 14.5. The van der Waals surface area contributed by atoms with Crippen LogP contribution in [0, 0.1) is 18.6 Å². The number of furan rings is 1. The van der Waals surface area contributed by atoms with E-state index in [1.165, 1.54) is 0 Å². The highest BCUT2D eigenvalue weighted by atomic mass is 19.1. The van der Waals surface area contributed by atoms with Gasteiger partial charge in [0, 0.05) is 10.8 Å². The van der Waals surface area contributed by atoms with Gasteiger partial charge < -0.3 is 9.15 Å². The second kappa shape index (κ2) is 4.45. The van der Waals surface area contributed by atoms with E-state index in [-0.39, 0.29) is 23.0 Å². The third-order valence-electron chi connectivity index (χ3n) is 4.19. The third-order valence-corrected chi connectivity index (χ3v) is 4.19. The second-order valence-electron chi connectivity index (χ2n) is 5.60. The first kappa shape index (κ1) is 12.6. The molecule has 1 aromatic heterocycles. The van der Waals surface area contributed by atoms with Gasteiger partial charge in [0.15, 0.2) is 22.7 Å². The van der Waals surface area contributed by atoms with Gasteiger partial charge in [-0.2, -0.15) is 4.39 Å². The summed E-state index contributed by atoms with van der Waals surface area (Å²) in [5.41, 5.74) is 0.643. The van der Waals surface area contributed by atoms with E-state index in [0.29, 0.717) is 16.3 Å². The van der Waals surface area contributed by atoms with E-state index in [2.05, 4.69) is 0 Å². The molecule has 0 N–H and O–H groups in total. The lowest BCUT2D eigenvalue weighted by molar-refractivity contribution is 0.115. The summed E-state index contributed by atoms with van der Waals surface area (Å²) in [5, 5.41) is 1.16. The number of benzene rings is 2. The fourth-order valence-electron chi connectivity index (χ4n) is 2.68. The van der Waals surface area contributed by atoms with Crippen LogP contribution in [0.4, 0.5) is 8.78 Å². The largest absolute Gasteiger partial charge is 0.487 e. The van der Waals surface area contributed by atoms with Gasteiger partial charge in [-0.1, -0.05) is 12.1 Å². The van der Waals surface area contributed by atoms with Crippen molar-refractivity contribution in [3.8, 4) is 5.75 Å². The zero-order chi connectivity index (χ0) is 14.6. The molecule has 0 saturated heterocycles. The van der Waals surface area contributed by atoms with Crippen LogP contribution in [-0.2, 0) is 0 Å². The number of hydrogen-bond acceptors (Lipinski definition) is 2. The molecule has 1 fully saturated rings. The van der Waals surface area contributed by atoms with E-state index in [9.17, 15) is 8.78 Å². The zero-order valence-corrected chi connectivity index (χ0v) is 11.6. The van der Waals surface area contributed by atoms with E-state index in [4.69, 9.17) is 9.15 Å². The molecule has 2 aromatic carbocycles. The van der Waals surface area contributed by atoms with E-state index in [1.807, 2.05) is 0 Å². The molecule has 0 bridgehead atoms. The molecule has 0 amide bonds. The van der Waals surface area contributed by atoms with Crippen LogP contribution in [0.1, 0.15) is 24.8 Å². The molecule has 0 radical (unpaired) electrons. The fraction of sp³-hybridized carbons (Fsp3) is 0.294. The van der Waals surface area contributed by atoms with Gasteiger partial charge in [-0.05, 0) is 43.9 Å². The summed E-state index contributed by atoms with van der Waals surface area (Å²) in [6.45, 7) is 1.66. The van der Waals surface area contributed by atoms with Crippen molar-refractivity contribution in [2.45, 2.75) is 32.3 Å². The summed E-state index contributed by atoms with van der Waals surface area (Å²) in [7, 11) is 0. The number of hydrogen-bond donors (Lipinski definition) is 0. The standard InChI is InChI=1S/C17H14F2O2/c1-9-5-6-11-12-7-8-13(20-10-3-2-4-10)15(19)17(12)21-16(11)14(9)18/h5-8,10H,2-4H2,1H3. The molecule has 0 spiro atoms. The zero-order valence-electron chi connectivity index (χ0n) is 11.6. The van der Waals surface area contributed by atoms with Gasteiger partial charge in [0.1, 0.15) is 0 Å². The molecule has 108 valence electrons. The third kappa shape index (κ3) is 1.82. The summed E-state index contributed by atoms with van der Waals surface area (Å²) in [6, 6.07) is 6.75. The molecule has 0 unspecified atom stereocenters. The number of halogens is 2. The number of fused-ring (bicyclic) bond motifs is 3. The average Bonchev–Trinajstić information content (AvgIpc) is 2.80. The summed E-state index contributed by atoms with van der Waals surface area (Å²) in [4.78, 5) is 0. The van der Waals surface area contributed by atoms with Gasteiger partial charge in [0.2, 0.25) is 5.82 Å². The number of rotatable bonds is 2. The van der Waals surface area contributed by atoms with Crippen molar-refractivity contribution in [1.29, 1.82) is 0 Å². The molecule has 1 aliphatic carbocycles. The van der Waals surface area contributed by atoms with Gasteiger partial charge in [-0.3, -0.25) is 0 Å². The van der Waals surface area contributed by atoms with Crippen LogP contribution in [0.15, 0.2) is 28.7 Å². The topological polar surface area (TPSA) is 22.4 Å². The summed E-state index contributed by atoms with van der Waals surface area (Å²) < 4.78 is 39.7. The summed E-state index contributed by atoms with van der Waals surface area (Å²) in [5.74, 6) is -0.805. The molecule has 0 atom stereocenters. The number of ether oxygens (including phenoxy) is 1. The quantitative estimate of drug-likeness (QED) is 0.654. The van der Waals surface area contributed by atoms with Crippen LogP contribution < -0.4 is 4.74 Å². The van der Waals surface area contributed by atoms with Gasteiger partial charge in [-0.15, -0.1) is 0 Å². The first-order chi connectivity index (χ1) is 10.1. The van der Waals surface area contributed by atoms with Crippen LogP contribution >= 0.6 is 0 Å². The SMILES string of the molecule is Cc1ccc2c(oc3c(F)c(OC4CCC4)ccc32)c1F. The highest BCUT2D eigenvalue weighted by molar-refractivity contribution is 6.05. The molecule has 1 aliphatic rings. The van der Waals surface area contributed by atoms with Crippen molar-refractivity contribution < 1.29 is 17.9 Å². The second-order valence-corrected chi connectivity index (χ2v) is 5.60. The van der Waals surface area contributed by atoms with Crippen molar-refractivity contribution in [3.63, 3.8) is 0 Å². The Kier molecular flexibility index (Phi) is 2.67. The van der Waals surface area contributed by atoms with Crippen LogP contribution in [0.3, 0.4) is 0 Å². The van der Waals surface area contributed by atoms with Crippen molar-refractivity contribution in [3.05, 3.63) is 41.5 Å². The van der Waals surface area contributed by atoms with Crippen molar-refractivity contribution in [2.75, 3.05) is 0 Å². The Balaban J connectivity index is 1.92. The molecule has 21 heavy (non-hydrogen) atoms. The van der Waals surface area contributed by atoms with Crippen LogP contribution in [0.2, 0.25) is 0 Å². The van der Waals surface area contributed by atoms with Crippen LogP contribution in [0.5, 0.6) is 5.75 Å². The Morgan fingerprint density at radius 2 is 1.67 bits per heavy atom. The molecule has 1 saturated carbocycles. The monoisotopic (exact) mass is 288 g/mol. The Labute approximate surface area is 120 Å². The molecule has 4 heteroatoms.